The molecule has 282 valence electrons. The Hall–Kier alpha value is -3.81. The fraction of sp³-hybridized carbons (Fsp3) is 0.595. The maximum absolute atomic E-state index is 13.5. The van der Waals surface area contributed by atoms with Crippen molar-refractivity contribution in [2.45, 2.75) is 105 Å². The second kappa shape index (κ2) is 19.5. The SMILES string of the molecule is CC(C)(C)OC(=O)N1Cc2cccc(F)c2C1.CC(C)(C)OC(=O)OC(=O)OC(C)(C)C.CN(C)CCN(C)C.Fc1cccc2c1CNC2. The van der Waals surface area contributed by atoms with E-state index in [1.807, 2.05) is 32.9 Å². The summed E-state index contributed by atoms with van der Waals surface area (Å²) in [5, 5.41) is 3.09. The molecular weight excluding hydrogens is 650 g/mol. The molecule has 4 rings (SSSR count). The first-order valence-corrected chi connectivity index (χ1v) is 16.5. The third-order valence-corrected chi connectivity index (χ3v) is 6.35. The van der Waals surface area contributed by atoms with Gasteiger partial charge >= 0.3 is 18.4 Å². The van der Waals surface area contributed by atoms with Crippen molar-refractivity contribution in [2.24, 2.45) is 0 Å². The fourth-order valence-electron chi connectivity index (χ4n) is 4.14. The van der Waals surface area contributed by atoms with Crippen LogP contribution < -0.4 is 5.32 Å². The van der Waals surface area contributed by atoms with Gasteiger partial charge in [0, 0.05) is 43.9 Å². The van der Waals surface area contributed by atoms with Crippen LogP contribution in [0.15, 0.2) is 36.4 Å². The van der Waals surface area contributed by atoms with E-state index in [0.717, 1.165) is 36.3 Å². The lowest BCUT2D eigenvalue weighted by Crippen LogP contribution is -2.33. The van der Waals surface area contributed by atoms with Crippen LogP contribution in [0, 0.1) is 11.6 Å². The molecule has 0 aliphatic carbocycles. The van der Waals surface area contributed by atoms with E-state index in [9.17, 15) is 23.2 Å². The quantitative estimate of drug-likeness (QED) is 0.196. The first-order chi connectivity index (χ1) is 22.9. The van der Waals surface area contributed by atoms with Crippen LogP contribution in [0.3, 0.4) is 0 Å². The summed E-state index contributed by atoms with van der Waals surface area (Å²) in [5.41, 5.74) is 1.47. The van der Waals surface area contributed by atoms with Crippen LogP contribution in [0.25, 0.3) is 0 Å². The highest BCUT2D eigenvalue weighted by Gasteiger charge is 2.29. The van der Waals surface area contributed by atoms with Crippen molar-refractivity contribution in [1.29, 1.82) is 0 Å². The van der Waals surface area contributed by atoms with Crippen LogP contribution in [0.5, 0.6) is 0 Å². The van der Waals surface area contributed by atoms with E-state index in [1.165, 1.54) is 17.0 Å². The zero-order valence-corrected chi connectivity index (χ0v) is 32.2. The number of halogens is 2. The van der Waals surface area contributed by atoms with E-state index in [1.54, 1.807) is 53.7 Å². The number of benzene rings is 2. The minimum absolute atomic E-state index is 0.0810. The molecule has 0 bridgehead atoms. The van der Waals surface area contributed by atoms with Crippen molar-refractivity contribution in [3.8, 4) is 0 Å². The Morgan fingerprint density at radius 1 is 0.660 bits per heavy atom. The van der Waals surface area contributed by atoms with Gasteiger partial charge in [-0.3, -0.25) is 4.90 Å². The highest BCUT2D eigenvalue weighted by Crippen LogP contribution is 2.26. The Bertz CT molecular complexity index is 1360. The molecule has 0 aromatic heterocycles. The Labute approximate surface area is 297 Å². The number of fused-ring (bicyclic) bond motifs is 2. The number of amides is 1. The second-order valence-corrected chi connectivity index (χ2v) is 15.3. The number of likely N-dealkylation sites (N-methyl/N-ethyl adjacent to an activating group) is 2. The average Bonchev–Trinajstić information content (AvgIpc) is 3.59. The number of carbonyl (C=O) groups is 3. The van der Waals surface area contributed by atoms with Gasteiger partial charge in [0.15, 0.2) is 0 Å². The Morgan fingerprint density at radius 2 is 1.10 bits per heavy atom. The van der Waals surface area contributed by atoms with Gasteiger partial charge in [0.2, 0.25) is 0 Å². The number of ether oxygens (including phenoxy) is 4. The topological polar surface area (TPSA) is 110 Å². The van der Waals surface area contributed by atoms with E-state index >= 15 is 0 Å². The summed E-state index contributed by atoms with van der Waals surface area (Å²) < 4.78 is 45.4. The molecule has 2 aromatic carbocycles. The van der Waals surface area contributed by atoms with Crippen molar-refractivity contribution in [1.82, 2.24) is 20.0 Å². The van der Waals surface area contributed by atoms with E-state index in [-0.39, 0.29) is 18.2 Å². The first-order valence-electron chi connectivity index (χ1n) is 16.5. The maximum Gasteiger partial charge on any atom is 0.519 e. The third-order valence-electron chi connectivity index (χ3n) is 6.35. The lowest BCUT2D eigenvalue weighted by Gasteiger charge is -2.24. The van der Waals surface area contributed by atoms with Gasteiger partial charge in [0.25, 0.3) is 0 Å². The molecule has 0 spiro atoms. The smallest absolute Gasteiger partial charge is 0.444 e. The molecule has 0 radical (unpaired) electrons. The molecule has 2 aromatic rings. The minimum atomic E-state index is -1.06. The summed E-state index contributed by atoms with van der Waals surface area (Å²) in [5.74, 6) is -0.337. The summed E-state index contributed by atoms with van der Waals surface area (Å²) in [7, 11) is 8.35. The molecule has 0 saturated carbocycles. The zero-order valence-electron chi connectivity index (χ0n) is 32.2. The molecule has 0 unspecified atom stereocenters. The van der Waals surface area contributed by atoms with Crippen molar-refractivity contribution in [2.75, 3.05) is 41.3 Å². The van der Waals surface area contributed by atoms with Gasteiger partial charge in [-0.25, -0.2) is 23.2 Å². The van der Waals surface area contributed by atoms with E-state index in [4.69, 9.17) is 14.2 Å². The van der Waals surface area contributed by atoms with E-state index in [2.05, 4.69) is 48.0 Å². The lowest BCUT2D eigenvalue weighted by molar-refractivity contribution is -0.0294. The molecule has 13 heteroatoms. The zero-order chi connectivity index (χ0) is 38.4. The summed E-state index contributed by atoms with van der Waals surface area (Å²) in [6.45, 7) is 20.0. The van der Waals surface area contributed by atoms with E-state index < -0.39 is 35.2 Å². The molecule has 2 aliphatic heterocycles. The molecule has 2 heterocycles. The Kier molecular flexibility index (Phi) is 17.3. The summed E-state index contributed by atoms with van der Waals surface area (Å²) in [6.07, 6.45) is -2.51. The van der Waals surface area contributed by atoms with Crippen LogP contribution in [0.2, 0.25) is 0 Å². The molecule has 2 aliphatic rings. The van der Waals surface area contributed by atoms with Crippen LogP contribution in [0.4, 0.5) is 23.2 Å². The predicted octanol–water partition coefficient (Wildman–Crippen LogP) is 7.49. The lowest BCUT2D eigenvalue weighted by atomic mass is 10.1. The van der Waals surface area contributed by atoms with Crippen LogP contribution in [-0.2, 0) is 45.1 Å². The van der Waals surface area contributed by atoms with Gasteiger partial charge < -0.3 is 34.1 Å². The summed E-state index contributed by atoms with van der Waals surface area (Å²) in [6, 6.07) is 10.1. The van der Waals surface area contributed by atoms with Gasteiger partial charge in [0.05, 0.1) is 6.54 Å². The number of nitrogens with zero attached hydrogens (tertiary/aromatic N) is 3. The van der Waals surface area contributed by atoms with Gasteiger partial charge in [-0.1, -0.05) is 24.3 Å². The molecule has 50 heavy (non-hydrogen) atoms. The first kappa shape index (κ1) is 44.2. The third kappa shape index (κ3) is 18.8. The van der Waals surface area contributed by atoms with Crippen molar-refractivity contribution in [3.05, 3.63) is 70.3 Å². The highest BCUT2D eigenvalue weighted by atomic mass is 19.1. The van der Waals surface area contributed by atoms with Gasteiger partial charge in [-0.15, -0.1) is 0 Å². The monoisotopic (exact) mass is 708 g/mol. The standard InChI is InChI=1S/C13H16FNO2.C10H18O5.C8H8FN.C6H16N2/c1-13(2,3)17-12(16)15-7-9-5-4-6-11(14)10(9)8-15;1-9(2,3)14-7(11)13-8(12)15-10(4,5)6;9-8-3-1-2-6-4-10-5-7(6)8;1-7(2)5-6-8(3)4/h4-6H,7-8H2,1-3H3;1-6H3;1-3,10H,4-5H2;5-6H2,1-4H3. The van der Waals surface area contributed by atoms with Crippen molar-refractivity contribution >= 4 is 18.4 Å². The molecule has 1 amide bonds. The number of rotatable bonds is 3. The Morgan fingerprint density at radius 3 is 1.50 bits per heavy atom. The number of carbonyl (C=O) groups excluding carboxylic acids is 3. The van der Waals surface area contributed by atoms with Crippen molar-refractivity contribution < 1.29 is 42.1 Å². The van der Waals surface area contributed by atoms with E-state index in [0.29, 0.717) is 18.7 Å². The van der Waals surface area contributed by atoms with Gasteiger partial charge in [-0.05, 0) is 114 Å². The number of hydrogen-bond acceptors (Lipinski definition) is 10. The predicted molar refractivity (Wildman–Crippen MR) is 189 cm³/mol. The molecule has 1 N–H and O–H groups in total. The fourth-order valence-corrected chi connectivity index (χ4v) is 4.14. The molecule has 0 fully saturated rings. The number of nitrogens with one attached hydrogen (secondary N) is 1. The molecule has 0 saturated heterocycles. The normalized spacial score (nSPS) is 13.4. The summed E-state index contributed by atoms with van der Waals surface area (Å²) in [4.78, 5) is 39.7. The summed E-state index contributed by atoms with van der Waals surface area (Å²) >= 11 is 0. The molecular formula is C37H58F2N4O7. The maximum atomic E-state index is 13.5. The van der Waals surface area contributed by atoms with Crippen LogP contribution >= 0.6 is 0 Å². The molecule has 11 nitrogen and oxygen atoms in total. The van der Waals surface area contributed by atoms with Gasteiger partial charge in [0.1, 0.15) is 28.4 Å². The molecule has 0 atom stereocenters. The van der Waals surface area contributed by atoms with Crippen LogP contribution in [0.1, 0.15) is 84.6 Å². The largest absolute Gasteiger partial charge is 0.519 e. The highest BCUT2D eigenvalue weighted by molar-refractivity contribution is 5.77. The second-order valence-electron chi connectivity index (χ2n) is 15.3. The van der Waals surface area contributed by atoms with Crippen molar-refractivity contribution in [3.63, 3.8) is 0 Å². The average molecular weight is 709 g/mol. The Balaban J connectivity index is 0.000000347. The minimum Gasteiger partial charge on any atom is -0.444 e. The van der Waals surface area contributed by atoms with Gasteiger partial charge in [-0.2, -0.15) is 0 Å². The number of hydrogen-bond donors (Lipinski definition) is 1. The van der Waals surface area contributed by atoms with Crippen LogP contribution in [-0.4, -0.2) is 91.2 Å².